The lowest BCUT2D eigenvalue weighted by atomic mass is 9.96. The number of hydrogen-bond acceptors (Lipinski definition) is 4. The van der Waals surface area contributed by atoms with Crippen LogP contribution in [-0.2, 0) is 25.6 Å². The highest BCUT2D eigenvalue weighted by Gasteiger charge is 2.78. The summed E-state index contributed by atoms with van der Waals surface area (Å²) in [6.07, 6.45) is -10.1. The van der Waals surface area contributed by atoms with E-state index in [0.29, 0.717) is 5.92 Å². The van der Waals surface area contributed by atoms with Crippen LogP contribution < -0.4 is 0 Å². The zero-order valence-electron chi connectivity index (χ0n) is 23.7. The van der Waals surface area contributed by atoms with Crippen LogP contribution in [0, 0.1) is 0 Å². The molecule has 0 radical (unpaired) electrons. The van der Waals surface area contributed by atoms with E-state index in [1.807, 2.05) is 13.8 Å². The molecule has 0 aliphatic heterocycles. The molecule has 226 valence electrons. The molecule has 0 aromatic heterocycles. The maximum Gasteiger partial charge on any atom is 0.437 e. The van der Waals surface area contributed by atoms with Gasteiger partial charge in [0.25, 0.3) is 0 Å². The summed E-state index contributed by atoms with van der Waals surface area (Å²) in [6, 6.07) is 21.6. The predicted molar refractivity (Wildman–Crippen MR) is 145 cm³/mol. The van der Waals surface area contributed by atoms with Crippen molar-refractivity contribution in [1.82, 2.24) is 0 Å². The fourth-order valence-electron chi connectivity index (χ4n) is 3.94. The third kappa shape index (κ3) is 8.45. The van der Waals surface area contributed by atoms with E-state index in [-0.39, 0.29) is 11.5 Å². The number of halogens is 6. The van der Waals surface area contributed by atoms with Crippen molar-refractivity contribution < 1.29 is 45.3 Å². The minimum atomic E-state index is -6.10. The van der Waals surface area contributed by atoms with Crippen LogP contribution in [0.25, 0.3) is 10.8 Å². The van der Waals surface area contributed by atoms with E-state index in [1.54, 1.807) is 12.1 Å². The summed E-state index contributed by atoms with van der Waals surface area (Å²) in [7, 11) is 0.821. The molecule has 0 N–H and O–H groups in total. The Kier molecular flexibility index (Phi) is 12.2. The van der Waals surface area contributed by atoms with Crippen LogP contribution in [0.1, 0.15) is 69.1 Å². The fraction of sp³-hybridized carbons (Fsp3) is 0.452. The minimum absolute atomic E-state index is 0.229. The van der Waals surface area contributed by atoms with Gasteiger partial charge < -0.3 is 14.2 Å². The van der Waals surface area contributed by atoms with Gasteiger partial charge in [0.1, 0.15) is 13.4 Å². The van der Waals surface area contributed by atoms with E-state index in [4.69, 9.17) is 0 Å². The molecular formula is C31H36F6O4. The van der Waals surface area contributed by atoms with Crippen LogP contribution in [0.3, 0.4) is 0 Å². The monoisotopic (exact) mass is 586 g/mol. The smallest absolute Gasteiger partial charge is 0.437 e. The Morgan fingerprint density at radius 2 is 1.27 bits per heavy atom. The molecule has 0 aliphatic carbocycles. The quantitative estimate of drug-likeness (QED) is 0.135. The zero-order chi connectivity index (χ0) is 30.8. The summed E-state index contributed by atoms with van der Waals surface area (Å²) in [5, 5.41) is 2.69. The van der Waals surface area contributed by atoms with Crippen molar-refractivity contribution in [2.75, 3.05) is 13.9 Å². The molecule has 4 nitrogen and oxygen atoms in total. The van der Waals surface area contributed by atoms with E-state index in [1.165, 1.54) is 34.9 Å². The lowest BCUT2D eigenvalue weighted by molar-refractivity contribution is -0.380. The summed E-state index contributed by atoms with van der Waals surface area (Å²) in [6.45, 7) is 6.27. The maximum atomic E-state index is 13.2. The van der Waals surface area contributed by atoms with E-state index < -0.39 is 37.3 Å². The number of hydrogen-bond donors (Lipinski definition) is 0. The third-order valence-corrected chi connectivity index (χ3v) is 6.97. The van der Waals surface area contributed by atoms with Crippen molar-refractivity contribution in [3.8, 4) is 0 Å². The normalized spacial score (nSPS) is 13.7. The summed E-state index contributed by atoms with van der Waals surface area (Å²) < 4.78 is 91.1. The van der Waals surface area contributed by atoms with Crippen molar-refractivity contribution in [3.05, 3.63) is 83.4 Å². The highest BCUT2D eigenvalue weighted by atomic mass is 19.4. The van der Waals surface area contributed by atoms with Gasteiger partial charge in [0.2, 0.25) is 0 Å². The lowest BCUT2D eigenvalue weighted by Gasteiger charge is -2.34. The number of methoxy groups -OCH3 is 1. The molecule has 3 aromatic carbocycles. The summed E-state index contributed by atoms with van der Waals surface area (Å²) in [5.41, 5.74) is -2.50. The number of carbonyl (C=O) groups is 1. The average Bonchev–Trinajstić information content (AvgIpc) is 2.94. The molecule has 2 unspecified atom stereocenters. The van der Waals surface area contributed by atoms with Gasteiger partial charge in [-0.1, -0.05) is 94.4 Å². The SMILES string of the molecule is CCC(C)c1ccc(COC(=O)C(OCOC)(C(F)(F)F)C(F)(F)F)cc1.CCC(C)c1ccc2ccccc2c1. The fourth-order valence-corrected chi connectivity index (χ4v) is 3.94. The van der Waals surface area contributed by atoms with Crippen molar-refractivity contribution >= 4 is 16.7 Å². The number of fused-ring (bicyclic) bond motifs is 1. The molecule has 0 saturated carbocycles. The molecule has 0 fully saturated rings. The number of esters is 1. The first-order valence-corrected chi connectivity index (χ1v) is 13.2. The molecule has 0 spiro atoms. The van der Waals surface area contributed by atoms with Crippen LogP contribution in [0.2, 0.25) is 0 Å². The Morgan fingerprint density at radius 1 is 0.756 bits per heavy atom. The molecule has 0 bridgehead atoms. The van der Waals surface area contributed by atoms with Crippen LogP contribution >= 0.6 is 0 Å². The van der Waals surface area contributed by atoms with Crippen LogP contribution in [0.5, 0.6) is 0 Å². The topological polar surface area (TPSA) is 44.8 Å². The van der Waals surface area contributed by atoms with Crippen LogP contribution in [0.4, 0.5) is 26.3 Å². The Balaban J connectivity index is 0.000000348. The molecule has 0 saturated heterocycles. The van der Waals surface area contributed by atoms with Crippen LogP contribution in [-0.4, -0.2) is 37.8 Å². The van der Waals surface area contributed by atoms with E-state index in [2.05, 4.69) is 70.5 Å². The second-order valence-electron chi connectivity index (χ2n) is 9.77. The molecule has 2 atom stereocenters. The third-order valence-electron chi connectivity index (χ3n) is 6.97. The summed E-state index contributed by atoms with van der Waals surface area (Å²) in [4.78, 5) is 11.8. The molecule has 3 rings (SSSR count). The predicted octanol–water partition coefficient (Wildman–Crippen LogP) is 9.08. The van der Waals surface area contributed by atoms with Crippen molar-refractivity contribution in [2.45, 2.75) is 76.9 Å². The summed E-state index contributed by atoms with van der Waals surface area (Å²) in [5.74, 6) is -1.71. The summed E-state index contributed by atoms with van der Waals surface area (Å²) >= 11 is 0. The largest absolute Gasteiger partial charge is 0.458 e. The number of benzene rings is 3. The van der Waals surface area contributed by atoms with Gasteiger partial charge in [-0.05, 0) is 52.1 Å². The molecule has 0 aliphatic rings. The Bertz CT molecular complexity index is 1220. The first-order chi connectivity index (χ1) is 19.2. The van der Waals surface area contributed by atoms with E-state index in [0.717, 1.165) is 19.1 Å². The van der Waals surface area contributed by atoms with Gasteiger partial charge in [0.15, 0.2) is 0 Å². The second-order valence-corrected chi connectivity index (χ2v) is 9.77. The molecule has 0 heterocycles. The first-order valence-electron chi connectivity index (χ1n) is 13.2. The van der Waals surface area contributed by atoms with Gasteiger partial charge in [-0.25, -0.2) is 4.79 Å². The molecule has 3 aromatic rings. The molecule has 0 amide bonds. The van der Waals surface area contributed by atoms with Gasteiger partial charge >= 0.3 is 23.9 Å². The van der Waals surface area contributed by atoms with Gasteiger partial charge in [-0.3, -0.25) is 0 Å². The van der Waals surface area contributed by atoms with Crippen molar-refractivity contribution in [2.24, 2.45) is 0 Å². The van der Waals surface area contributed by atoms with Crippen molar-refractivity contribution in [3.63, 3.8) is 0 Å². The first kappa shape index (κ1) is 34.1. The van der Waals surface area contributed by atoms with Gasteiger partial charge in [0.05, 0.1) is 0 Å². The Hall–Kier alpha value is -3.11. The zero-order valence-corrected chi connectivity index (χ0v) is 23.7. The molecule has 41 heavy (non-hydrogen) atoms. The number of ether oxygens (including phenoxy) is 3. The van der Waals surface area contributed by atoms with Gasteiger partial charge in [-0.2, -0.15) is 26.3 Å². The highest BCUT2D eigenvalue weighted by molar-refractivity contribution is 5.83. The maximum absolute atomic E-state index is 13.2. The van der Waals surface area contributed by atoms with Gasteiger partial charge in [0, 0.05) is 7.11 Å². The minimum Gasteiger partial charge on any atom is -0.458 e. The lowest BCUT2D eigenvalue weighted by Crippen LogP contribution is -2.64. The number of rotatable bonds is 10. The average molecular weight is 587 g/mol. The van der Waals surface area contributed by atoms with E-state index >= 15 is 0 Å². The van der Waals surface area contributed by atoms with E-state index in [9.17, 15) is 31.1 Å². The number of alkyl halides is 6. The molecular weight excluding hydrogens is 550 g/mol. The van der Waals surface area contributed by atoms with Crippen LogP contribution in [0.15, 0.2) is 66.7 Å². The Morgan fingerprint density at radius 3 is 1.78 bits per heavy atom. The highest BCUT2D eigenvalue weighted by Crippen LogP contribution is 2.47. The Labute approximate surface area is 236 Å². The standard InChI is InChI=1S/C17H20F6O4.C14H16/c1-4-11(2)13-7-5-12(6-8-13)9-26-14(24)15(16(18,19)20,17(21,22)23)27-10-25-3;1-3-11(2)13-9-8-12-6-4-5-7-14(12)10-13/h5-8,11H,4,9-10H2,1-3H3;4-11H,3H2,1-2H3. The van der Waals surface area contributed by atoms with Gasteiger partial charge in [-0.15, -0.1) is 0 Å². The van der Waals surface area contributed by atoms with Crippen molar-refractivity contribution in [1.29, 1.82) is 0 Å². The number of carbonyl (C=O) groups excluding carboxylic acids is 1. The second kappa shape index (κ2) is 14.7. The molecule has 10 heteroatoms.